The monoisotopic (exact) mass is 247 g/mol. The standard InChI is InChI=1S/C13H17N3O2/c1-9-5-4-7-11(15-9)13(18)16-10-6-2-3-8-14-12(10)17/h4-5,7,10H,2-3,6,8H2,1H3,(H,14,17)(H,16,18)/t10-/m0/s1. The van der Waals surface area contributed by atoms with Gasteiger partial charge in [0.1, 0.15) is 11.7 Å². The summed E-state index contributed by atoms with van der Waals surface area (Å²) < 4.78 is 0. The summed E-state index contributed by atoms with van der Waals surface area (Å²) in [5.74, 6) is -0.394. The zero-order valence-electron chi connectivity index (χ0n) is 10.4. The van der Waals surface area contributed by atoms with Gasteiger partial charge in [0.2, 0.25) is 5.91 Å². The molecule has 1 aliphatic heterocycles. The van der Waals surface area contributed by atoms with Gasteiger partial charge in [-0.2, -0.15) is 0 Å². The lowest BCUT2D eigenvalue weighted by Gasteiger charge is -2.14. The van der Waals surface area contributed by atoms with Crippen LogP contribution >= 0.6 is 0 Å². The van der Waals surface area contributed by atoms with Gasteiger partial charge in [0.15, 0.2) is 0 Å². The van der Waals surface area contributed by atoms with E-state index >= 15 is 0 Å². The van der Waals surface area contributed by atoms with E-state index in [2.05, 4.69) is 15.6 Å². The molecule has 0 aliphatic carbocycles. The van der Waals surface area contributed by atoms with Gasteiger partial charge in [-0.05, 0) is 38.3 Å². The maximum absolute atomic E-state index is 12.0. The number of carbonyl (C=O) groups excluding carboxylic acids is 2. The molecule has 5 nitrogen and oxygen atoms in total. The van der Waals surface area contributed by atoms with Crippen LogP contribution < -0.4 is 10.6 Å². The van der Waals surface area contributed by atoms with Crippen LogP contribution in [0.3, 0.4) is 0 Å². The van der Waals surface area contributed by atoms with Crippen molar-refractivity contribution in [2.75, 3.05) is 6.54 Å². The molecule has 0 aromatic carbocycles. The van der Waals surface area contributed by atoms with Gasteiger partial charge in [-0.15, -0.1) is 0 Å². The molecule has 96 valence electrons. The number of nitrogens with one attached hydrogen (secondary N) is 2. The maximum atomic E-state index is 12.0. The fraction of sp³-hybridized carbons (Fsp3) is 0.462. The summed E-state index contributed by atoms with van der Waals surface area (Å²) in [7, 11) is 0. The van der Waals surface area contributed by atoms with Crippen molar-refractivity contribution in [1.29, 1.82) is 0 Å². The van der Waals surface area contributed by atoms with Crippen LogP contribution in [-0.4, -0.2) is 29.4 Å². The number of amides is 2. The molecule has 18 heavy (non-hydrogen) atoms. The largest absolute Gasteiger partial charge is 0.354 e. The van der Waals surface area contributed by atoms with Gasteiger partial charge in [-0.25, -0.2) is 4.98 Å². The number of rotatable bonds is 2. The molecule has 2 amide bonds. The van der Waals surface area contributed by atoms with Gasteiger partial charge >= 0.3 is 0 Å². The van der Waals surface area contributed by atoms with Gasteiger partial charge in [0.25, 0.3) is 5.91 Å². The molecular formula is C13H17N3O2. The highest BCUT2D eigenvalue weighted by Crippen LogP contribution is 2.06. The summed E-state index contributed by atoms with van der Waals surface area (Å²) in [4.78, 5) is 27.8. The molecule has 1 aliphatic rings. The molecule has 1 fully saturated rings. The second-order valence-electron chi connectivity index (χ2n) is 4.48. The Morgan fingerprint density at radius 1 is 1.44 bits per heavy atom. The van der Waals surface area contributed by atoms with E-state index in [0.717, 1.165) is 18.5 Å². The Bertz CT molecular complexity index is 459. The van der Waals surface area contributed by atoms with Crippen LogP contribution in [0.1, 0.15) is 35.4 Å². The van der Waals surface area contributed by atoms with Crippen molar-refractivity contribution in [3.8, 4) is 0 Å². The maximum Gasteiger partial charge on any atom is 0.270 e. The smallest absolute Gasteiger partial charge is 0.270 e. The molecule has 0 bridgehead atoms. The molecule has 2 rings (SSSR count). The van der Waals surface area contributed by atoms with Crippen molar-refractivity contribution in [3.63, 3.8) is 0 Å². The van der Waals surface area contributed by atoms with Gasteiger partial charge in [0.05, 0.1) is 0 Å². The Labute approximate surface area is 106 Å². The number of aromatic nitrogens is 1. The Morgan fingerprint density at radius 2 is 2.28 bits per heavy atom. The first-order chi connectivity index (χ1) is 8.66. The van der Waals surface area contributed by atoms with Crippen molar-refractivity contribution in [3.05, 3.63) is 29.6 Å². The Kier molecular flexibility index (Phi) is 3.92. The third kappa shape index (κ3) is 3.06. The number of carbonyl (C=O) groups is 2. The molecule has 1 saturated heterocycles. The van der Waals surface area contributed by atoms with Crippen LogP contribution in [0.2, 0.25) is 0 Å². The van der Waals surface area contributed by atoms with Crippen molar-refractivity contribution in [2.24, 2.45) is 0 Å². The topological polar surface area (TPSA) is 71.1 Å². The van der Waals surface area contributed by atoms with E-state index in [9.17, 15) is 9.59 Å². The molecule has 5 heteroatoms. The fourth-order valence-electron chi connectivity index (χ4n) is 1.98. The van der Waals surface area contributed by atoms with E-state index < -0.39 is 6.04 Å². The van der Waals surface area contributed by atoms with Crippen LogP contribution in [-0.2, 0) is 4.79 Å². The van der Waals surface area contributed by atoms with Crippen molar-refractivity contribution >= 4 is 11.8 Å². The van der Waals surface area contributed by atoms with Gasteiger partial charge in [0, 0.05) is 12.2 Å². The van der Waals surface area contributed by atoms with Crippen LogP contribution in [0.5, 0.6) is 0 Å². The van der Waals surface area contributed by atoms with E-state index in [1.807, 2.05) is 13.0 Å². The molecule has 2 heterocycles. The van der Waals surface area contributed by atoms with E-state index in [1.165, 1.54) is 0 Å². The van der Waals surface area contributed by atoms with Crippen molar-refractivity contribution < 1.29 is 9.59 Å². The van der Waals surface area contributed by atoms with Gasteiger partial charge in [-0.1, -0.05) is 6.07 Å². The molecule has 0 radical (unpaired) electrons. The van der Waals surface area contributed by atoms with E-state index in [-0.39, 0.29) is 11.8 Å². The zero-order chi connectivity index (χ0) is 13.0. The molecule has 0 unspecified atom stereocenters. The fourth-order valence-corrected chi connectivity index (χ4v) is 1.98. The number of aryl methyl sites for hydroxylation is 1. The molecule has 2 N–H and O–H groups in total. The number of hydrogen-bond acceptors (Lipinski definition) is 3. The van der Waals surface area contributed by atoms with Crippen LogP contribution in [0.25, 0.3) is 0 Å². The molecule has 0 spiro atoms. The third-order valence-corrected chi connectivity index (χ3v) is 2.96. The Morgan fingerprint density at radius 3 is 3.06 bits per heavy atom. The lowest BCUT2D eigenvalue weighted by atomic mass is 10.1. The minimum atomic E-state index is -0.442. The number of nitrogens with zero attached hydrogens (tertiary/aromatic N) is 1. The quantitative estimate of drug-likeness (QED) is 0.811. The van der Waals surface area contributed by atoms with E-state index in [1.54, 1.807) is 12.1 Å². The summed E-state index contributed by atoms with van der Waals surface area (Å²) in [6.45, 7) is 2.52. The summed E-state index contributed by atoms with van der Waals surface area (Å²) in [5, 5.41) is 5.53. The predicted molar refractivity (Wildman–Crippen MR) is 67.1 cm³/mol. The lowest BCUT2D eigenvalue weighted by molar-refractivity contribution is -0.122. The second-order valence-corrected chi connectivity index (χ2v) is 4.48. The summed E-state index contributed by atoms with van der Waals surface area (Å²) >= 11 is 0. The SMILES string of the molecule is Cc1cccc(C(=O)N[C@H]2CCCCNC2=O)n1. The van der Waals surface area contributed by atoms with Crippen molar-refractivity contribution in [1.82, 2.24) is 15.6 Å². The highest BCUT2D eigenvalue weighted by Gasteiger charge is 2.23. The minimum absolute atomic E-state index is 0.103. The number of pyridine rings is 1. The van der Waals surface area contributed by atoms with Crippen molar-refractivity contribution in [2.45, 2.75) is 32.2 Å². The average Bonchev–Trinajstić information content (AvgIpc) is 2.55. The Hall–Kier alpha value is -1.91. The van der Waals surface area contributed by atoms with Gasteiger partial charge in [-0.3, -0.25) is 9.59 Å². The lowest BCUT2D eigenvalue weighted by Crippen LogP contribution is -2.45. The molecule has 0 saturated carbocycles. The average molecular weight is 247 g/mol. The van der Waals surface area contributed by atoms with E-state index in [0.29, 0.717) is 18.7 Å². The zero-order valence-corrected chi connectivity index (χ0v) is 10.4. The first-order valence-electron chi connectivity index (χ1n) is 6.19. The summed E-state index contributed by atoms with van der Waals surface area (Å²) in [6, 6.07) is 4.82. The first-order valence-corrected chi connectivity index (χ1v) is 6.19. The van der Waals surface area contributed by atoms with Crippen LogP contribution in [0, 0.1) is 6.92 Å². The second kappa shape index (κ2) is 5.62. The summed E-state index contributed by atoms with van der Waals surface area (Å²) in [5.41, 5.74) is 1.14. The number of hydrogen-bond donors (Lipinski definition) is 2. The predicted octanol–water partition coefficient (Wildman–Crippen LogP) is 0.789. The normalized spacial score (nSPS) is 19.8. The highest BCUT2D eigenvalue weighted by atomic mass is 16.2. The molecule has 1 atom stereocenters. The minimum Gasteiger partial charge on any atom is -0.354 e. The highest BCUT2D eigenvalue weighted by molar-refractivity contribution is 5.96. The molecule has 1 aromatic rings. The Balaban J connectivity index is 2.04. The molecule has 1 aromatic heterocycles. The van der Waals surface area contributed by atoms with Crippen LogP contribution in [0.4, 0.5) is 0 Å². The summed E-state index contributed by atoms with van der Waals surface area (Å²) in [6.07, 6.45) is 2.58. The first kappa shape index (κ1) is 12.5. The molecular weight excluding hydrogens is 230 g/mol. The third-order valence-electron chi connectivity index (χ3n) is 2.96. The van der Waals surface area contributed by atoms with Gasteiger partial charge < -0.3 is 10.6 Å². The van der Waals surface area contributed by atoms with E-state index in [4.69, 9.17) is 0 Å². The van der Waals surface area contributed by atoms with Crippen LogP contribution in [0.15, 0.2) is 18.2 Å².